The van der Waals surface area contributed by atoms with Crippen LogP contribution in [0.25, 0.3) is 0 Å². The lowest BCUT2D eigenvalue weighted by Gasteiger charge is -2.00. The predicted octanol–water partition coefficient (Wildman–Crippen LogP) is 3.52. The van der Waals surface area contributed by atoms with Crippen LogP contribution in [-0.4, -0.2) is 25.2 Å². The zero-order valence-electron chi connectivity index (χ0n) is 13.1. The van der Waals surface area contributed by atoms with E-state index in [0.29, 0.717) is 0 Å². The molecule has 0 amide bonds. The van der Waals surface area contributed by atoms with Crippen LogP contribution in [0.2, 0.25) is 0 Å². The third-order valence-corrected chi connectivity index (χ3v) is 1.84. The van der Waals surface area contributed by atoms with E-state index in [-0.39, 0.29) is 19.6 Å². The first-order valence-electron chi connectivity index (χ1n) is 6.93. The van der Waals surface area contributed by atoms with Gasteiger partial charge in [0.2, 0.25) is 0 Å². The van der Waals surface area contributed by atoms with Crippen molar-refractivity contribution in [1.82, 2.24) is 0 Å². The van der Waals surface area contributed by atoms with E-state index in [2.05, 4.69) is 28.5 Å². The number of benzene rings is 1. The number of carbonyl (C=O) groups excluding carboxylic acids is 2. The van der Waals surface area contributed by atoms with Gasteiger partial charge in [-0.3, -0.25) is 9.59 Å². The van der Waals surface area contributed by atoms with Crippen molar-refractivity contribution in [2.45, 2.75) is 41.0 Å². The van der Waals surface area contributed by atoms with Crippen LogP contribution in [0.3, 0.4) is 0 Å². The topological polar surface area (TPSA) is 52.6 Å². The second-order valence-electron chi connectivity index (χ2n) is 3.44. The SMILES string of the molecule is CC.CCOC(=O)CC(=O)OCC.Cc1ccccc1. The molecule has 0 saturated carbocycles. The van der Waals surface area contributed by atoms with E-state index in [1.165, 1.54) is 5.56 Å². The Morgan fingerprint density at radius 1 is 0.900 bits per heavy atom. The van der Waals surface area contributed by atoms with Gasteiger partial charge in [0.1, 0.15) is 6.42 Å². The Hall–Kier alpha value is -1.84. The summed E-state index contributed by atoms with van der Waals surface area (Å²) in [5, 5.41) is 0. The molecule has 4 nitrogen and oxygen atoms in total. The van der Waals surface area contributed by atoms with Gasteiger partial charge in [0, 0.05) is 0 Å². The molecule has 0 fully saturated rings. The molecule has 0 aromatic heterocycles. The van der Waals surface area contributed by atoms with Crippen LogP contribution in [0.15, 0.2) is 30.3 Å². The van der Waals surface area contributed by atoms with Crippen LogP contribution < -0.4 is 0 Å². The van der Waals surface area contributed by atoms with E-state index in [1.54, 1.807) is 13.8 Å². The molecule has 0 aliphatic rings. The number of rotatable bonds is 4. The summed E-state index contributed by atoms with van der Waals surface area (Å²) in [4.78, 5) is 21.2. The number of hydrogen-bond donors (Lipinski definition) is 0. The number of esters is 2. The molecule has 0 bridgehead atoms. The Kier molecular flexibility index (Phi) is 15.6. The van der Waals surface area contributed by atoms with Crippen LogP contribution in [-0.2, 0) is 19.1 Å². The zero-order valence-corrected chi connectivity index (χ0v) is 13.1. The first-order chi connectivity index (χ1) is 9.60. The van der Waals surface area contributed by atoms with Gasteiger partial charge in [-0.05, 0) is 20.8 Å². The monoisotopic (exact) mass is 282 g/mol. The summed E-state index contributed by atoms with van der Waals surface area (Å²) in [5.74, 6) is -1.07. The van der Waals surface area contributed by atoms with Crippen LogP contribution >= 0.6 is 0 Å². The largest absolute Gasteiger partial charge is 0.466 e. The Labute approximate surface area is 122 Å². The Morgan fingerprint density at radius 3 is 1.55 bits per heavy atom. The van der Waals surface area contributed by atoms with Gasteiger partial charge < -0.3 is 9.47 Å². The van der Waals surface area contributed by atoms with E-state index in [4.69, 9.17) is 0 Å². The summed E-state index contributed by atoms with van der Waals surface area (Å²) in [7, 11) is 0. The fourth-order valence-corrected chi connectivity index (χ4v) is 1.08. The molecule has 0 unspecified atom stereocenters. The highest BCUT2D eigenvalue weighted by molar-refractivity contribution is 5.91. The number of aryl methyl sites for hydroxylation is 1. The molecule has 1 rings (SSSR count). The summed E-state index contributed by atoms with van der Waals surface area (Å²) in [6, 6.07) is 10.3. The smallest absolute Gasteiger partial charge is 0.317 e. The lowest BCUT2D eigenvalue weighted by Crippen LogP contribution is -2.13. The maximum absolute atomic E-state index is 10.6. The molecule has 1 aromatic carbocycles. The average molecular weight is 282 g/mol. The highest BCUT2D eigenvalue weighted by Gasteiger charge is 2.09. The van der Waals surface area contributed by atoms with E-state index in [9.17, 15) is 9.59 Å². The Bertz CT molecular complexity index is 331. The first-order valence-corrected chi connectivity index (χ1v) is 6.93. The molecule has 114 valence electrons. The molecule has 0 heterocycles. The van der Waals surface area contributed by atoms with Crippen molar-refractivity contribution in [2.75, 3.05) is 13.2 Å². The van der Waals surface area contributed by atoms with Crippen molar-refractivity contribution in [3.8, 4) is 0 Å². The molecule has 0 N–H and O–H groups in total. The minimum absolute atomic E-state index is 0.290. The van der Waals surface area contributed by atoms with Gasteiger partial charge in [-0.1, -0.05) is 49.7 Å². The van der Waals surface area contributed by atoms with Gasteiger partial charge in [-0.25, -0.2) is 0 Å². The molecule has 0 spiro atoms. The van der Waals surface area contributed by atoms with E-state index in [1.807, 2.05) is 32.0 Å². The van der Waals surface area contributed by atoms with Crippen molar-refractivity contribution in [1.29, 1.82) is 0 Å². The third kappa shape index (κ3) is 14.2. The lowest BCUT2D eigenvalue weighted by molar-refractivity contribution is -0.153. The van der Waals surface area contributed by atoms with E-state index in [0.717, 1.165) is 0 Å². The first kappa shape index (κ1) is 20.5. The number of hydrogen-bond acceptors (Lipinski definition) is 4. The van der Waals surface area contributed by atoms with Gasteiger partial charge in [-0.2, -0.15) is 0 Å². The highest BCUT2D eigenvalue weighted by atomic mass is 16.5. The second-order valence-corrected chi connectivity index (χ2v) is 3.44. The zero-order chi connectivity index (χ0) is 15.8. The van der Waals surface area contributed by atoms with Gasteiger partial charge in [-0.15, -0.1) is 0 Å². The van der Waals surface area contributed by atoms with E-state index < -0.39 is 11.9 Å². The van der Waals surface area contributed by atoms with Crippen LogP contribution in [0.1, 0.15) is 39.7 Å². The molecule has 0 atom stereocenters. The molecule has 4 heteroatoms. The van der Waals surface area contributed by atoms with Gasteiger partial charge in [0.25, 0.3) is 0 Å². The molecular formula is C16H26O4. The molecular weight excluding hydrogens is 256 g/mol. The van der Waals surface area contributed by atoms with Crippen LogP contribution in [0.5, 0.6) is 0 Å². The van der Waals surface area contributed by atoms with Gasteiger partial charge >= 0.3 is 11.9 Å². The molecule has 0 aliphatic carbocycles. The maximum Gasteiger partial charge on any atom is 0.317 e. The van der Waals surface area contributed by atoms with Gasteiger partial charge in [0.15, 0.2) is 0 Å². The van der Waals surface area contributed by atoms with Crippen LogP contribution in [0.4, 0.5) is 0 Å². The number of ether oxygens (including phenoxy) is 2. The summed E-state index contributed by atoms with van der Waals surface area (Å²) in [6.45, 7) is 10.0. The average Bonchev–Trinajstić information content (AvgIpc) is 2.43. The van der Waals surface area contributed by atoms with Crippen molar-refractivity contribution in [3.05, 3.63) is 35.9 Å². The molecule has 0 aliphatic heterocycles. The third-order valence-electron chi connectivity index (χ3n) is 1.84. The van der Waals surface area contributed by atoms with Crippen molar-refractivity contribution in [2.24, 2.45) is 0 Å². The lowest BCUT2D eigenvalue weighted by atomic mass is 10.2. The fraction of sp³-hybridized carbons (Fsp3) is 0.500. The van der Waals surface area contributed by atoms with Crippen molar-refractivity contribution in [3.63, 3.8) is 0 Å². The number of carbonyl (C=O) groups is 2. The summed E-state index contributed by atoms with van der Waals surface area (Å²) >= 11 is 0. The fourth-order valence-electron chi connectivity index (χ4n) is 1.08. The summed E-state index contributed by atoms with van der Waals surface area (Å²) < 4.78 is 9.04. The normalized spacial score (nSPS) is 8.25. The molecule has 20 heavy (non-hydrogen) atoms. The standard InChI is InChI=1S/C7H12O4.C7H8.C2H6/c1-3-10-6(8)5-7(9)11-4-2;1-7-5-3-2-4-6-7;1-2/h3-5H2,1-2H3;2-6H,1H3;1-2H3. The minimum Gasteiger partial charge on any atom is -0.466 e. The summed E-state index contributed by atoms with van der Waals surface area (Å²) in [6.07, 6.45) is -0.290. The van der Waals surface area contributed by atoms with Crippen molar-refractivity contribution >= 4 is 11.9 Å². The van der Waals surface area contributed by atoms with Gasteiger partial charge in [0.05, 0.1) is 13.2 Å². The Morgan fingerprint density at radius 2 is 1.30 bits per heavy atom. The quantitative estimate of drug-likeness (QED) is 0.626. The van der Waals surface area contributed by atoms with E-state index >= 15 is 0 Å². The summed E-state index contributed by atoms with van der Waals surface area (Å²) in [5.41, 5.74) is 1.32. The minimum atomic E-state index is -0.536. The molecule has 0 saturated heterocycles. The second kappa shape index (κ2) is 15.2. The Balaban J connectivity index is 0. The van der Waals surface area contributed by atoms with Crippen LogP contribution in [0, 0.1) is 6.92 Å². The molecule has 0 radical (unpaired) electrons. The van der Waals surface area contributed by atoms with Crippen molar-refractivity contribution < 1.29 is 19.1 Å². The molecule has 1 aromatic rings. The predicted molar refractivity (Wildman–Crippen MR) is 80.4 cm³/mol. The highest BCUT2D eigenvalue weighted by Crippen LogP contribution is 1.92. The maximum atomic E-state index is 10.6.